The molecule has 0 aliphatic rings. The van der Waals surface area contributed by atoms with Gasteiger partial charge in [-0.25, -0.2) is 9.36 Å². The number of carboxylic acid groups (broad SMARTS) is 1. The molecule has 6 heteroatoms. The van der Waals surface area contributed by atoms with Gasteiger partial charge < -0.3 is 9.63 Å². The van der Waals surface area contributed by atoms with E-state index >= 15 is 0 Å². The average Bonchev–Trinajstić information content (AvgIpc) is 2.46. The first-order valence-electron chi connectivity index (χ1n) is 6.25. The summed E-state index contributed by atoms with van der Waals surface area (Å²) < 4.78 is 22.8. The van der Waals surface area contributed by atoms with Crippen LogP contribution in [-0.2, 0) is 15.7 Å². The Morgan fingerprint density at radius 2 is 1.86 bits per heavy atom. The van der Waals surface area contributed by atoms with Crippen LogP contribution < -0.4 is 4.52 Å². The third kappa shape index (κ3) is 4.74. The molecule has 21 heavy (non-hydrogen) atoms. The van der Waals surface area contributed by atoms with Crippen molar-refractivity contribution in [3.8, 4) is 5.75 Å². The van der Waals surface area contributed by atoms with Gasteiger partial charge in [0.2, 0.25) is 0 Å². The van der Waals surface area contributed by atoms with E-state index in [0.717, 1.165) is 5.56 Å². The van der Waals surface area contributed by atoms with Crippen LogP contribution in [0.2, 0.25) is 0 Å². The number of carboxylic acids is 1. The van der Waals surface area contributed by atoms with Crippen molar-refractivity contribution in [2.75, 3.05) is 6.66 Å². The minimum absolute atomic E-state index is 0.0653. The molecule has 0 heterocycles. The number of hydrogen-bond donors (Lipinski definition) is 1. The number of aromatic carboxylic acids is 1. The van der Waals surface area contributed by atoms with E-state index in [1.54, 1.807) is 0 Å². The van der Waals surface area contributed by atoms with Crippen LogP contribution in [-0.4, -0.2) is 17.7 Å². The van der Waals surface area contributed by atoms with Gasteiger partial charge in [0, 0.05) is 6.66 Å². The molecular weight excluding hydrogens is 291 g/mol. The van der Waals surface area contributed by atoms with Crippen LogP contribution in [0.15, 0.2) is 54.6 Å². The second kappa shape index (κ2) is 6.57. The number of hydrogen-bond acceptors (Lipinski definition) is 4. The monoisotopic (exact) mass is 306 g/mol. The largest absolute Gasteiger partial charge is 0.478 e. The topological polar surface area (TPSA) is 72.8 Å². The Balaban J connectivity index is 2.02. The smallest absolute Gasteiger partial charge is 0.376 e. The second-order valence-electron chi connectivity index (χ2n) is 4.45. The fourth-order valence-electron chi connectivity index (χ4n) is 1.67. The van der Waals surface area contributed by atoms with Crippen molar-refractivity contribution in [3.05, 3.63) is 65.7 Å². The molecule has 2 rings (SSSR count). The van der Waals surface area contributed by atoms with Crippen molar-refractivity contribution >= 4 is 13.6 Å². The minimum atomic E-state index is -3.32. The molecule has 0 aliphatic heterocycles. The predicted molar refractivity (Wildman–Crippen MR) is 78.8 cm³/mol. The van der Waals surface area contributed by atoms with E-state index in [0.29, 0.717) is 0 Å². The Morgan fingerprint density at radius 1 is 1.14 bits per heavy atom. The quantitative estimate of drug-likeness (QED) is 0.822. The molecule has 0 radical (unpaired) electrons. The van der Waals surface area contributed by atoms with Gasteiger partial charge in [0.25, 0.3) is 0 Å². The van der Waals surface area contributed by atoms with Crippen LogP contribution in [0.1, 0.15) is 15.9 Å². The van der Waals surface area contributed by atoms with Crippen molar-refractivity contribution in [2.24, 2.45) is 0 Å². The van der Waals surface area contributed by atoms with Crippen molar-refractivity contribution in [1.29, 1.82) is 0 Å². The molecule has 110 valence electrons. The zero-order valence-electron chi connectivity index (χ0n) is 11.4. The summed E-state index contributed by atoms with van der Waals surface area (Å²) in [7, 11) is -3.32. The van der Waals surface area contributed by atoms with Crippen LogP contribution in [0, 0.1) is 0 Å². The minimum Gasteiger partial charge on any atom is -0.478 e. The Bertz CT molecular complexity index is 669. The second-order valence-corrected chi connectivity index (χ2v) is 6.44. The summed E-state index contributed by atoms with van der Waals surface area (Å²) >= 11 is 0. The van der Waals surface area contributed by atoms with E-state index < -0.39 is 13.6 Å². The highest BCUT2D eigenvalue weighted by Gasteiger charge is 2.19. The molecule has 1 unspecified atom stereocenters. The van der Waals surface area contributed by atoms with E-state index in [2.05, 4.69) is 0 Å². The fourth-order valence-corrected chi connectivity index (χ4v) is 2.60. The Kier molecular flexibility index (Phi) is 4.78. The zero-order valence-corrected chi connectivity index (χ0v) is 12.3. The molecule has 0 fully saturated rings. The summed E-state index contributed by atoms with van der Waals surface area (Å²) in [5.74, 6) is -0.870. The van der Waals surface area contributed by atoms with Crippen LogP contribution >= 0.6 is 7.60 Å². The highest BCUT2D eigenvalue weighted by atomic mass is 31.2. The molecule has 0 aromatic heterocycles. The molecule has 0 saturated carbocycles. The summed E-state index contributed by atoms with van der Waals surface area (Å²) in [4.78, 5) is 10.9. The maximum atomic E-state index is 12.2. The number of rotatable bonds is 6. The van der Waals surface area contributed by atoms with Crippen LogP contribution in [0.5, 0.6) is 5.75 Å². The number of benzene rings is 2. The van der Waals surface area contributed by atoms with Crippen LogP contribution in [0.25, 0.3) is 0 Å². The van der Waals surface area contributed by atoms with Gasteiger partial charge in [-0.3, -0.25) is 4.52 Å². The highest BCUT2D eigenvalue weighted by molar-refractivity contribution is 7.53. The van der Waals surface area contributed by atoms with Crippen molar-refractivity contribution < 1.29 is 23.5 Å². The fraction of sp³-hybridized carbons (Fsp3) is 0.133. The first kappa shape index (κ1) is 15.3. The number of carbonyl (C=O) groups is 1. The lowest BCUT2D eigenvalue weighted by molar-refractivity contribution is 0.0696. The van der Waals surface area contributed by atoms with Gasteiger partial charge in [0.1, 0.15) is 5.75 Å². The highest BCUT2D eigenvalue weighted by Crippen LogP contribution is 2.45. The summed E-state index contributed by atoms with van der Waals surface area (Å²) in [5.41, 5.74) is 0.943. The van der Waals surface area contributed by atoms with E-state index in [1.165, 1.54) is 30.9 Å². The van der Waals surface area contributed by atoms with E-state index in [1.807, 2.05) is 30.3 Å². The molecule has 2 aromatic carbocycles. The predicted octanol–water partition coefficient (Wildman–Crippen LogP) is 3.80. The maximum absolute atomic E-state index is 12.2. The molecule has 1 atom stereocenters. The van der Waals surface area contributed by atoms with Gasteiger partial charge in [0.15, 0.2) is 0 Å². The van der Waals surface area contributed by atoms with Crippen LogP contribution in [0.3, 0.4) is 0 Å². The summed E-state index contributed by atoms with van der Waals surface area (Å²) in [5, 5.41) is 8.90. The standard InChI is InChI=1S/C15H15O5P/c1-21(18,19-11-12-6-3-2-4-7-12)20-14-9-5-8-13(10-14)15(16)17/h2-10H,11H2,1H3,(H,16,17). The molecule has 0 bridgehead atoms. The molecule has 5 nitrogen and oxygen atoms in total. The first-order valence-corrected chi connectivity index (χ1v) is 8.24. The first-order chi connectivity index (χ1) is 9.96. The Hall–Kier alpha value is -2.10. The molecule has 0 saturated heterocycles. The van der Waals surface area contributed by atoms with Gasteiger partial charge in [-0.2, -0.15) is 0 Å². The molecule has 2 aromatic rings. The van der Waals surface area contributed by atoms with E-state index in [9.17, 15) is 9.36 Å². The third-order valence-electron chi connectivity index (χ3n) is 2.66. The Morgan fingerprint density at radius 3 is 2.52 bits per heavy atom. The maximum Gasteiger partial charge on any atom is 0.376 e. The summed E-state index contributed by atoms with van der Waals surface area (Å²) in [6.07, 6.45) is 0. The van der Waals surface area contributed by atoms with Gasteiger partial charge in [0.05, 0.1) is 12.2 Å². The van der Waals surface area contributed by atoms with Gasteiger partial charge >= 0.3 is 13.6 Å². The van der Waals surface area contributed by atoms with Gasteiger partial charge in [-0.15, -0.1) is 0 Å². The van der Waals surface area contributed by atoms with Gasteiger partial charge in [-0.1, -0.05) is 36.4 Å². The lowest BCUT2D eigenvalue weighted by Crippen LogP contribution is -2.00. The van der Waals surface area contributed by atoms with E-state index in [-0.39, 0.29) is 17.9 Å². The molecule has 0 amide bonds. The average molecular weight is 306 g/mol. The van der Waals surface area contributed by atoms with Crippen molar-refractivity contribution in [2.45, 2.75) is 6.61 Å². The third-order valence-corrected chi connectivity index (χ3v) is 3.80. The summed E-state index contributed by atoms with van der Waals surface area (Å²) in [6.45, 7) is 1.51. The normalized spacial score (nSPS) is 13.4. The molecule has 0 spiro atoms. The Labute approximate surface area is 122 Å². The lowest BCUT2D eigenvalue weighted by atomic mass is 10.2. The molecular formula is C15H15O5P. The van der Waals surface area contributed by atoms with Gasteiger partial charge in [-0.05, 0) is 23.8 Å². The SMILES string of the molecule is CP(=O)(OCc1ccccc1)Oc1cccc(C(=O)O)c1. The summed E-state index contributed by atoms with van der Waals surface area (Å²) in [6, 6.07) is 15.1. The lowest BCUT2D eigenvalue weighted by Gasteiger charge is -2.15. The molecule has 0 aliphatic carbocycles. The van der Waals surface area contributed by atoms with Crippen molar-refractivity contribution in [3.63, 3.8) is 0 Å². The van der Waals surface area contributed by atoms with E-state index in [4.69, 9.17) is 14.2 Å². The van der Waals surface area contributed by atoms with Crippen LogP contribution in [0.4, 0.5) is 0 Å². The zero-order chi connectivity index (χ0) is 15.3. The molecule has 1 N–H and O–H groups in total. The van der Waals surface area contributed by atoms with Crippen molar-refractivity contribution in [1.82, 2.24) is 0 Å².